The molecule has 5 aromatic rings. The summed E-state index contributed by atoms with van der Waals surface area (Å²) in [6, 6.07) is 20.5. The molecule has 1 N–H and O–H groups in total. The molecular formula is C31H36N6OS. The van der Waals surface area contributed by atoms with Gasteiger partial charge in [0.25, 0.3) is 5.56 Å². The van der Waals surface area contributed by atoms with Gasteiger partial charge in [0.05, 0.1) is 5.54 Å². The van der Waals surface area contributed by atoms with E-state index in [4.69, 9.17) is 0 Å². The number of tetrazole rings is 1. The van der Waals surface area contributed by atoms with Crippen molar-refractivity contribution in [2.45, 2.75) is 65.6 Å². The van der Waals surface area contributed by atoms with Crippen LogP contribution in [0.25, 0.3) is 10.9 Å². The largest absolute Gasteiger partial charge is 0.322 e. The summed E-state index contributed by atoms with van der Waals surface area (Å²) in [6.07, 6.45) is 1.68. The highest BCUT2D eigenvalue weighted by atomic mass is 32.1. The molecule has 202 valence electrons. The SMILES string of the molecule is CCC(C)(C)n1nnnc1[C@@H](c1cc2c(C)cc(C)cc2[nH]c1=O)N(CCc1ccccc1)Cc1cccs1. The van der Waals surface area contributed by atoms with E-state index in [0.29, 0.717) is 17.9 Å². The molecule has 5 rings (SSSR count). The molecule has 0 bridgehead atoms. The van der Waals surface area contributed by atoms with Gasteiger partial charge in [-0.25, -0.2) is 4.68 Å². The van der Waals surface area contributed by atoms with Crippen molar-refractivity contribution in [3.05, 3.63) is 109 Å². The van der Waals surface area contributed by atoms with Crippen molar-refractivity contribution in [3.8, 4) is 0 Å². The number of thiophene rings is 1. The molecule has 0 fully saturated rings. The Hall–Kier alpha value is -3.62. The molecule has 3 aromatic heterocycles. The van der Waals surface area contributed by atoms with Gasteiger partial charge in [0, 0.05) is 34.4 Å². The van der Waals surface area contributed by atoms with Crippen LogP contribution < -0.4 is 5.56 Å². The number of benzene rings is 2. The fourth-order valence-electron chi connectivity index (χ4n) is 5.16. The van der Waals surface area contributed by atoms with Crippen LogP contribution in [-0.2, 0) is 18.5 Å². The number of aromatic amines is 1. The first kappa shape index (κ1) is 27.0. The first-order valence-electron chi connectivity index (χ1n) is 13.5. The van der Waals surface area contributed by atoms with Gasteiger partial charge in [-0.1, -0.05) is 49.4 Å². The first-order chi connectivity index (χ1) is 18.8. The van der Waals surface area contributed by atoms with Gasteiger partial charge in [0.15, 0.2) is 5.82 Å². The number of hydrogen-bond acceptors (Lipinski definition) is 6. The van der Waals surface area contributed by atoms with Gasteiger partial charge in [-0.3, -0.25) is 9.69 Å². The van der Waals surface area contributed by atoms with Crippen LogP contribution in [0.15, 0.2) is 70.8 Å². The van der Waals surface area contributed by atoms with Gasteiger partial charge in [-0.15, -0.1) is 16.4 Å². The number of pyridine rings is 1. The summed E-state index contributed by atoms with van der Waals surface area (Å²) in [6.45, 7) is 12.0. The molecule has 0 unspecified atom stereocenters. The highest BCUT2D eigenvalue weighted by Crippen LogP contribution is 2.33. The standard InChI is InChI=1S/C31H36N6OS/c1-6-31(4,5)37-29(33-34-35-37)28(26-19-25-22(3)17-21(2)18-27(25)32-30(26)38)36(20-24-13-10-16-39-24)15-14-23-11-8-7-9-12-23/h7-13,16-19,28H,6,14-15,20H2,1-5H3,(H,32,38)/t28-/m1/s1. The Labute approximate surface area is 233 Å². The number of aromatic nitrogens is 5. The Bertz CT molecular complexity index is 1600. The van der Waals surface area contributed by atoms with E-state index in [-0.39, 0.29) is 11.1 Å². The normalized spacial score (nSPS) is 12.9. The molecule has 7 nitrogen and oxygen atoms in total. The van der Waals surface area contributed by atoms with E-state index in [9.17, 15) is 4.79 Å². The highest BCUT2D eigenvalue weighted by Gasteiger charge is 2.34. The second kappa shape index (κ2) is 11.2. The average Bonchev–Trinajstić information content (AvgIpc) is 3.61. The first-order valence-corrected chi connectivity index (χ1v) is 14.4. The summed E-state index contributed by atoms with van der Waals surface area (Å²) >= 11 is 1.72. The smallest absolute Gasteiger partial charge is 0.253 e. The minimum atomic E-state index is -0.439. The van der Waals surface area contributed by atoms with Crippen molar-refractivity contribution in [2.24, 2.45) is 0 Å². The molecule has 0 aliphatic rings. The van der Waals surface area contributed by atoms with Crippen molar-refractivity contribution < 1.29 is 0 Å². The predicted octanol–water partition coefficient (Wildman–Crippen LogP) is 6.17. The van der Waals surface area contributed by atoms with Crippen LogP contribution in [0.3, 0.4) is 0 Å². The quantitative estimate of drug-likeness (QED) is 0.229. The van der Waals surface area contributed by atoms with Gasteiger partial charge in [0.1, 0.15) is 6.04 Å². The van der Waals surface area contributed by atoms with Gasteiger partial charge in [0.2, 0.25) is 0 Å². The van der Waals surface area contributed by atoms with E-state index in [1.807, 2.05) is 16.8 Å². The Morgan fingerprint density at radius 3 is 2.59 bits per heavy atom. The zero-order valence-electron chi connectivity index (χ0n) is 23.3. The molecule has 2 aromatic carbocycles. The molecule has 0 saturated heterocycles. The highest BCUT2D eigenvalue weighted by molar-refractivity contribution is 7.09. The average molecular weight is 541 g/mol. The molecule has 0 spiro atoms. The van der Waals surface area contributed by atoms with Crippen molar-refractivity contribution in [2.75, 3.05) is 6.54 Å². The maximum absolute atomic E-state index is 13.8. The maximum atomic E-state index is 13.8. The molecule has 0 aliphatic heterocycles. The summed E-state index contributed by atoms with van der Waals surface area (Å²) in [5.41, 5.74) is 4.57. The Kier molecular flexibility index (Phi) is 7.77. The summed E-state index contributed by atoms with van der Waals surface area (Å²) < 4.78 is 1.91. The number of hydrogen-bond donors (Lipinski definition) is 1. The van der Waals surface area contributed by atoms with Gasteiger partial charge < -0.3 is 4.98 Å². The summed E-state index contributed by atoms with van der Waals surface area (Å²) in [5.74, 6) is 0.682. The predicted molar refractivity (Wildman–Crippen MR) is 158 cm³/mol. The molecular weight excluding hydrogens is 504 g/mol. The number of aryl methyl sites for hydroxylation is 2. The second-order valence-electron chi connectivity index (χ2n) is 10.9. The number of H-pyrrole nitrogens is 1. The molecule has 0 aliphatic carbocycles. The lowest BCUT2D eigenvalue weighted by Crippen LogP contribution is -2.39. The van der Waals surface area contributed by atoms with E-state index < -0.39 is 6.04 Å². The van der Waals surface area contributed by atoms with Crippen molar-refractivity contribution in [1.29, 1.82) is 0 Å². The van der Waals surface area contributed by atoms with Crippen LogP contribution in [0.1, 0.15) is 66.2 Å². The number of rotatable bonds is 10. The maximum Gasteiger partial charge on any atom is 0.253 e. The van der Waals surface area contributed by atoms with E-state index in [2.05, 4.69) is 114 Å². The van der Waals surface area contributed by atoms with Gasteiger partial charge in [-0.2, -0.15) is 0 Å². The molecule has 0 saturated carbocycles. The number of nitrogens with zero attached hydrogens (tertiary/aromatic N) is 5. The van der Waals surface area contributed by atoms with Crippen LogP contribution in [0.2, 0.25) is 0 Å². The number of fused-ring (bicyclic) bond motifs is 1. The van der Waals surface area contributed by atoms with Crippen LogP contribution in [0.4, 0.5) is 0 Å². The molecule has 0 amide bonds. The monoisotopic (exact) mass is 540 g/mol. The van der Waals surface area contributed by atoms with Gasteiger partial charge >= 0.3 is 0 Å². The third kappa shape index (κ3) is 5.72. The molecule has 1 atom stereocenters. The van der Waals surface area contributed by atoms with E-state index in [1.54, 1.807) is 11.3 Å². The Balaban J connectivity index is 1.70. The zero-order chi connectivity index (χ0) is 27.6. The third-order valence-electron chi connectivity index (χ3n) is 7.65. The van der Waals surface area contributed by atoms with Crippen LogP contribution in [0.5, 0.6) is 0 Å². The summed E-state index contributed by atoms with van der Waals surface area (Å²) in [5, 5.41) is 16.3. The minimum absolute atomic E-state index is 0.114. The lowest BCUT2D eigenvalue weighted by molar-refractivity contribution is 0.191. The minimum Gasteiger partial charge on any atom is -0.322 e. The Morgan fingerprint density at radius 2 is 1.87 bits per heavy atom. The fourth-order valence-corrected chi connectivity index (χ4v) is 5.89. The van der Waals surface area contributed by atoms with Crippen LogP contribution >= 0.6 is 11.3 Å². The lowest BCUT2D eigenvalue weighted by Gasteiger charge is -2.33. The van der Waals surface area contributed by atoms with Crippen LogP contribution in [-0.4, -0.2) is 36.6 Å². The lowest BCUT2D eigenvalue weighted by atomic mass is 9.97. The molecule has 3 heterocycles. The summed E-state index contributed by atoms with van der Waals surface area (Å²) in [7, 11) is 0. The van der Waals surface area contributed by atoms with Crippen molar-refractivity contribution in [1.82, 2.24) is 30.1 Å². The number of nitrogens with one attached hydrogen (secondary N) is 1. The zero-order valence-corrected chi connectivity index (χ0v) is 24.1. The van der Waals surface area contributed by atoms with E-state index in [1.165, 1.54) is 10.4 Å². The van der Waals surface area contributed by atoms with Crippen LogP contribution in [0, 0.1) is 13.8 Å². The van der Waals surface area contributed by atoms with Crippen molar-refractivity contribution in [3.63, 3.8) is 0 Å². The van der Waals surface area contributed by atoms with Gasteiger partial charge in [-0.05, 0) is 91.2 Å². The molecule has 39 heavy (non-hydrogen) atoms. The van der Waals surface area contributed by atoms with Crippen molar-refractivity contribution >= 4 is 22.2 Å². The molecule has 0 radical (unpaired) electrons. The summed E-state index contributed by atoms with van der Waals surface area (Å²) in [4.78, 5) is 20.6. The fraction of sp³-hybridized carbons (Fsp3) is 0.355. The third-order valence-corrected chi connectivity index (χ3v) is 8.51. The topological polar surface area (TPSA) is 79.7 Å². The second-order valence-corrected chi connectivity index (χ2v) is 11.9. The Morgan fingerprint density at radius 1 is 1.08 bits per heavy atom. The van der Waals surface area contributed by atoms with E-state index >= 15 is 0 Å². The molecule has 8 heteroatoms. The van der Waals surface area contributed by atoms with E-state index in [0.717, 1.165) is 41.4 Å².